The molecule has 3 aromatic rings. The molecule has 5 heteroatoms. The maximum atomic E-state index is 4.41. The SMILES string of the molecule is Cn1c(SC2CCCc3ccccc32)nnc1-c1cccnc1. The smallest absolute Gasteiger partial charge is 0.191 e. The second kappa shape index (κ2) is 6.16. The van der Waals surface area contributed by atoms with Crippen LogP contribution in [0.15, 0.2) is 53.9 Å². The van der Waals surface area contributed by atoms with Gasteiger partial charge in [0, 0.05) is 30.3 Å². The molecular weight excluding hydrogens is 304 g/mol. The zero-order chi connectivity index (χ0) is 15.6. The van der Waals surface area contributed by atoms with Crippen molar-refractivity contribution in [2.24, 2.45) is 7.05 Å². The van der Waals surface area contributed by atoms with Gasteiger partial charge in [-0.15, -0.1) is 10.2 Å². The van der Waals surface area contributed by atoms with E-state index in [4.69, 9.17) is 0 Å². The van der Waals surface area contributed by atoms with E-state index in [1.54, 1.807) is 6.20 Å². The van der Waals surface area contributed by atoms with Gasteiger partial charge in [-0.2, -0.15) is 0 Å². The molecule has 1 atom stereocenters. The number of nitrogens with zero attached hydrogens (tertiary/aromatic N) is 4. The topological polar surface area (TPSA) is 43.6 Å². The molecule has 0 fully saturated rings. The zero-order valence-electron chi connectivity index (χ0n) is 13.0. The summed E-state index contributed by atoms with van der Waals surface area (Å²) in [7, 11) is 2.03. The van der Waals surface area contributed by atoms with Crippen molar-refractivity contribution in [1.82, 2.24) is 19.7 Å². The van der Waals surface area contributed by atoms with Crippen LogP contribution in [0.5, 0.6) is 0 Å². The number of pyridine rings is 1. The van der Waals surface area contributed by atoms with Crippen LogP contribution in [0.2, 0.25) is 0 Å². The van der Waals surface area contributed by atoms with Gasteiger partial charge in [0.1, 0.15) is 0 Å². The molecule has 0 bridgehead atoms. The van der Waals surface area contributed by atoms with Crippen LogP contribution in [-0.4, -0.2) is 19.7 Å². The summed E-state index contributed by atoms with van der Waals surface area (Å²) in [4.78, 5) is 4.17. The summed E-state index contributed by atoms with van der Waals surface area (Å²) < 4.78 is 2.07. The molecule has 0 aliphatic heterocycles. The Bertz CT molecular complexity index is 813. The van der Waals surface area contributed by atoms with Gasteiger partial charge in [0.15, 0.2) is 11.0 Å². The fourth-order valence-electron chi connectivity index (χ4n) is 3.12. The van der Waals surface area contributed by atoms with Crippen molar-refractivity contribution in [2.75, 3.05) is 0 Å². The highest BCUT2D eigenvalue weighted by Crippen LogP contribution is 2.42. The number of hydrogen-bond donors (Lipinski definition) is 0. The van der Waals surface area contributed by atoms with E-state index in [2.05, 4.69) is 44.0 Å². The van der Waals surface area contributed by atoms with E-state index < -0.39 is 0 Å². The molecule has 0 spiro atoms. The predicted octanol–water partition coefficient (Wildman–Crippen LogP) is 4.05. The highest BCUT2D eigenvalue weighted by molar-refractivity contribution is 7.99. The van der Waals surface area contributed by atoms with Crippen molar-refractivity contribution < 1.29 is 0 Å². The standard InChI is InChI=1S/C18H18N4S/c1-22-17(14-8-5-11-19-12-14)20-21-18(22)23-16-10-4-7-13-6-2-3-9-15(13)16/h2-3,5-6,8-9,11-12,16H,4,7,10H2,1H3. The Morgan fingerprint density at radius 3 is 2.91 bits per heavy atom. The van der Waals surface area contributed by atoms with E-state index in [-0.39, 0.29) is 0 Å². The lowest BCUT2D eigenvalue weighted by atomic mass is 9.91. The van der Waals surface area contributed by atoms with Crippen LogP contribution < -0.4 is 0 Å². The van der Waals surface area contributed by atoms with Crippen LogP contribution in [0, 0.1) is 0 Å². The van der Waals surface area contributed by atoms with E-state index in [1.807, 2.05) is 37.1 Å². The van der Waals surface area contributed by atoms with Gasteiger partial charge in [0.25, 0.3) is 0 Å². The lowest BCUT2D eigenvalue weighted by Crippen LogP contribution is -2.07. The van der Waals surface area contributed by atoms with Crippen LogP contribution in [-0.2, 0) is 13.5 Å². The summed E-state index contributed by atoms with van der Waals surface area (Å²) >= 11 is 1.82. The molecule has 0 amide bonds. The van der Waals surface area contributed by atoms with Gasteiger partial charge in [-0.1, -0.05) is 36.0 Å². The van der Waals surface area contributed by atoms with Crippen LogP contribution in [0.3, 0.4) is 0 Å². The van der Waals surface area contributed by atoms with Gasteiger partial charge in [0.05, 0.1) is 0 Å². The first-order valence-corrected chi connectivity index (χ1v) is 8.75. The average Bonchev–Trinajstić information content (AvgIpc) is 2.97. The van der Waals surface area contributed by atoms with Crippen molar-refractivity contribution in [3.05, 3.63) is 59.9 Å². The van der Waals surface area contributed by atoms with Gasteiger partial charge in [-0.05, 0) is 42.5 Å². The monoisotopic (exact) mass is 322 g/mol. The molecular formula is C18H18N4S. The maximum absolute atomic E-state index is 4.41. The van der Waals surface area contributed by atoms with E-state index in [1.165, 1.54) is 30.4 Å². The van der Waals surface area contributed by atoms with Gasteiger partial charge < -0.3 is 4.57 Å². The second-order valence-corrected chi connectivity index (χ2v) is 6.97. The number of thioether (sulfide) groups is 1. The molecule has 4 nitrogen and oxygen atoms in total. The molecule has 0 N–H and O–H groups in total. The van der Waals surface area contributed by atoms with Gasteiger partial charge in [-0.25, -0.2) is 0 Å². The fraction of sp³-hybridized carbons (Fsp3) is 0.278. The molecule has 4 rings (SSSR count). The highest BCUT2D eigenvalue weighted by Gasteiger charge is 2.23. The molecule has 0 saturated heterocycles. The molecule has 1 unspecified atom stereocenters. The Kier molecular flexibility index (Phi) is 3.87. The summed E-state index contributed by atoms with van der Waals surface area (Å²) in [6.07, 6.45) is 7.22. The minimum absolute atomic E-state index is 0.463. The van der Waals surface area contributed by atoms with Crippen LogP contribution in [0.1, 0.15) is 29.2 Å². The van der Waals surface area contributed by atoms with Crippen LogP contribution >= 0.6 is 11.8 Å². The average molecular weight is 322 g/mol. The second-order valence-electron chi connectivity index (χ2n) is 5.80. The number of hydrogen-bond acceptors (Lipinski definition) is 4. The third-order valence-electron chi connectivity index (χ3n) is 4.32. The molecule has 0 saturated carbocycles. The van der Waals surface area contributed by atoms with Gasteiger partial charge in [-0.3, -0.25) is 4.98 Å². The van der Waals surface area contributed by atoms with E-state index >= 15 is 0 Å². The number of fused-ring (bicyclic) bond motifs is 1. The molecule has 1 aliphatic carbocycles. The molecule has 1 aliphatic rings. The lowest BCUT2D eigenvalue weighted by Gasteiger charge is -2.24. The molecule has 0 radical (unpaired) electrons. The Morgan fingerprint density at radius 2 is 2.04 bits per heavy atom. The quantitative estimate of drug-likeness (QED) is 0.730. The number of rotatable bonds is 3. The Hall–Kier alpha value is -2.14. The van der Waals surface area contributed by atoms with Crippen molar-refractivity contribution in [3.8, 4) is 11.4 Å². The molecule has 1 aromatic carbocycles. The first-order chi connectivity index (χ1) is 11.3. The van der Waals surface area contributed by atoms with Crippen molar-refractivity contribution >= 4 is 11.8 Å². The molecule has 116 valence electrons. The summed E-state index contributed by atoms with van der Waals surface area (Å²) in [6, 6.07) is 12.7. The van der Waals surface area contributed by atoms with Gasteiger partial charge >= 0.3 is 0 Å². The van der Waals surface area contributed by atoms with E-state index in [0.717, 1.165) is 16.5 Å². The number of aromatic nitrogens is 4. The third kappa shape index (κ3) is 2.77. The largest absolute Gasteiger partial charge is 0.305 e. The summed E-state index contributed by atoms with van der Waals surface area (Å²) in [5.74, 6) is 0.865. The van der Waals surface area contributed by atoms with Crippen molar-refractivity contribution in [3.63, 3.8) is 0 Å². The van der Waals surface area contributed by atoms with Gasteiger partial charge in [0.2, 0.25) is 0 Å². The first-order valence-electron chi connectivity index (χ1n) is 7.87. The first kappa shape index (κ1) is 14.5. The minimum Gasteiger partial charge on any atom is -0.305 e. The minimum atomic E-state index is 0.463. The van der Waals surface area contributed by atoms with E-state index in [9.17, 15) is 0 Å². The van der Waals surface area contributed by atoms with Crippen molar-refractivity contribution in [2.45, 2.75) is 29.7 Å². The Balaban J connectivity index is 1.63. The van der Waals surface area contributed by atoms with Crippen LogP contribution in [0.4, 0.5) is 0 Å². The Labute approximate surface area is 140 Å². The van der Waals surface area contributed by atoms with Crippen LogP contribution in [0.25, 0.3) is 11.4 Å². The molecule has 23 heavy (non-hydrogen) atoms. The summed E-state index contributed by atoms with van der Waals surface area (Å²) in [5, 5.41) is 10.2. The fourth-order valence-corrected chi connectivity index (χ4v) is 4.35. The zero-order valence-corrected chi connectivity index (χ0v) is 13.8. The summed E-state index contributed by atoms with van der Waals surface area (Å²) in [5.41, 5.74) is 3.93. The molecule has 2 aromatic heterocycles. The number of aryl methyl sites for hydroxylation is 1. The normalized spacial score (nSPS) is 17.0. The predicted molar refractivity (Wildman–Crippen MR) is 92.2 cm³/mol. The Morgan fingerprint density at radius 1 is 1.13 bits per heavy atom. The highest BCUT2D eigenvalue weighted by atomic mass is 32.2. The van der Waals surface area contributed by atoms with E-state index in [0.29, 0.717) is 5.25 Å². The molecule has 2 heterocycles. The maximum Gasteiger partial charge on any atom is 0.191 e. The third-order valence-corrected chi connectivity index (χ3v) is 5.66. The number of benzene rings is 1. The van der Waals surface area contributed by atoms with Crippen molar-refractivity contribution in [1.29, 1.82) is 0 Å². The summed E-state index contributed by atoms with van der Waals surface area (Å²) in [6.45, 7) is 0. The lowest BCUT2D eigenvalue weighted by molar-refractivity contribution is 0.668.